The molecule has 0 radical (unpaired) electrons. The predicted octanol–water partition coefficient (Wildman–Crippen LogP) is 2.38. The van der Waals surface area contributed by atoms with Crippen molar-refractivity contribution >= 4 is 23.8 Å². The van der Waals surface area contributed by atoms with Crippen LogP contribution in [0.4, 0.5) is 4.79 Å². The SMILES string of the molecule is CSCC[C@H](NC(=O)NCCC1=CCCCC1)C(=O)O. The number of aliphatic carboxylic acids is 1. The summed E-state index contributed by atoms with van der Waals surface area (Å²) in [6, 6.07) is -1.20. The molecule has 1 atom stereocenters. The van der Waals surface area contributed by atoms with Crippen molar-refractivity contribution in [1.29, 1.82) is 0 Å². The Balaban J connectivity index is 2.23. The van der Waals surface area contributed by atoms with Gasteiger partial charge in [-0.05, 0) is 50.5 Å². The lowest BCUT2D eigenvalue weighted by atomic mass is 9.97. The van der Waals surface area contributed by atoms with Gasteiger partial charge < -0.3 is 15.7 Å². The van der Waals surface area contributed by atoms with Crippen LogP contribution in [0.5, 0.6) is 0 Å². The summed E-state index contributed by atoms with van der Waals surface area (Å²) in [6.07, 6.45) is 10.2. The van der Waals surface area contributed by atoms with E-state index in [9.17, 15) is 9.59 Å². The predicted molar refractivity (Wildman–Crippen MR) is 82.1 cm³/mol. The molecular weight excluding hydrogens is 276 g/mol. The molecule has 0 saturated carbocycles. The van der Waals surface area contributed by atoms with Crippen molar-refractivity contribution in [3.63, 3.8) is 0 Å². The zero-order chi connectivity index (χ0) is 14.8. The quantitative estimate of drug-likeness (QED) is 0.601. The first-order chi connectivity index (χ1) is 9.63. The third kappa shape index (κ3) is 6.84. The smallest absolute Gasteiger partial charge is 0.326 e. The average Bonchev–Trinajstić information content (AvgIpc) is 2.44. The summed E-state index contributed by atoms with van der Waals surface area (Å²) in [5.74, 6) is -0.270. The lowest BCUT2D eigenvalue weighted by molar-refractivity contribution is -0.139. The fraction of sp³-hybridized carbons (Fsp3) is 0.714. The number of hydrogen-bond acceptors (Lipinski definition) is 3. The largest absolute Gasteiger partial charge is 0.480 e. The van der Waals surface area contributed by atoms with Crippen LogP contribution in [0.3, 0.4) is 0 Å². The summed E-state index contributed by atoms with van der Waals surface area (Å²) >= 11 is 1.57. The monoisotopic (exact) mass is 300 g/mol. The molecule has 1 aliphatic rings. The number of hydrogen-bond donors (Lipinski definition) is 3. The van der Waals surface area contributed by atoms with Crippen LogP contribution < -0.4 is 10.6 Å². The van der Waals surface area contributed by atoms with Crippen molar-refractivity contribution in [1.82, 2.24) is 10.6 Å². The van der Waals surface area contributed by atoms with Gasteiger partial charge >= 0.3 is 12.0 Å². The Labute approximate surface area is 124 Å². The Hall–Kier alpha value is -1.17. The molecule has 0 saturated heterocycles. The van der Waals surface area contributed by atoms with Gasteiger partial charge in [-0.2, -0.15) is 11.8 Å². The van der Waals surface area contributed by atoms with E-state index in [1.807, 2.05) is 6.26 Å². The van der Waals surface area contributed by atoms with Gasteiger partial charge in [0.15, 0.2) is 0 Å². The number of carbonyl (C=O) groups is 2. The van der Waals surface area contributed by atoms with Gasteiger partial charge in [0.1, 0.15) is 6.04 Å². The number of allylic oxidation sites excluding steroid dienone is 1. The molecule has 0 aliphatic heterocycles. The lowest BCUT2D eigenvalue weighted by Gasteiger charge is -2.16. The number of urea groups is 1. The van der Waals surface area contributed by atoms with E-state index in [0.717, 1.165) is 19.3 Å². The molecule has 0 aromatic carbocycles. The van der Waals surface area contributed by atoms with E-state index in [1.165, 1.54) is 18.4 Å². The Morgan fingerprint density at radius 2 is 2.25 bits per heavy atom. The average molecular weight is 300 g/mol. The molecule has 1 aliphatic carbocycles. The standard InChI is InChI=1S/C14H24N2O3S/c1-20-10-8-12(13(17)18)16-14(19)15-9-7-11-5-3-2-4-6-11/h5,12H,2-4,6-10H2,1H3,(H,17,18)(H2,15,16,19)/t12-/m0/s1. The Bertz CT molecular complexity index is 358. The zero-order valence-electron chi connectivity index (χ0n) is 12.0. The molecule has 0 bridgehead atoms. The third-order valence-corrected chi connectivity index (χ3v) is 3.97. The summed E-state index contributed by atoms with van der Waals surface area (Å²) in [5.41, 5.74) is 1.40. The van der Waals surface area contributed by atoms with Crippen LogP contribution in [0.25, 0.3) is 0 Å². The number of amides is 2. The first-order valence-electron chi connectivity index (χ1n) is 7.07. The molecule has 1 rings (SSSR count). The highest BCUT2D eigenvalue weighted by Gasteiger charge is 2.18. The van der Waals surface area contributed by atoms with Crippen molar-refractivity contribution in [2.75, 3.05) is 18.6 Å². The first-order valence-corrected chi connectivity index (χ1v) is 8.47. The maximum Gasteiger partial charge on any atom is 0.326 e. The molecule has 3 N–H and O–H groups in total. The summed E-state index contributed by atoms with van der Waals surface area (Å²) in [4.78, 5) is 22.7. The first kappa shape index (κ1) is 16.9. The number of carbonyl (C=O) groups excluding carboxylic acids is 1. The highest BCUT2D eigenvalue weighted by atomic mass is 32.2. The Morgan fingerprint density at radius 3 is 2.85 bits per heavy atom. The molecule has 0 spiro atoms. The summed E-state index contributed by atoms with van der Waals surface area (Å²) in [5, 5.41) is 14.3. The van der Waals surface area contributed by atoms with Crippen LogP contribution in [0, 0.1) is 0 Å². The highest BCUT2D eigenvalue weighted by molar-refractivity contribution is 7.98. The fourth-order valence-corrected chi connectivity index (χ4v) is 2.64. The van der Waals surface area contributed by atoms with E-state index in [0.29, 0.717) is 18.7 Å². The van der Waals surface area contributed by atoms with Gasteiger partial charge in [0, 0.05) is 6.54 Å². The number of carboxylic acids is 1. The van der Waals surface area contributed by atoms with E-state index in [2.05, 4.69) is 16.7 Å². The molecule has 0 heterocycles. The van der Waals surface area contributed by atoms with Crippen molar-refractivity contribution in [2.45, 2.75) is 44.6 Å². The molecule has 0 aromatic heterocycles. The number of carboxylic acid groups (broad SMARTS) is 1. The van der Waals surface area contributed by atoms with Crippen LogP contribution in [0.1, 0.15) is 38.5 Å². The van der Waals surface area contributed by atoms with Crippen LogP contribution in [-0.2, 0) is 4.79 Å². The third-order valence-electron chi connectivity index (χ3n) is 3.33. The topological polar surface area (TPSA) is 78.4 Å². The van der Waals surface area contributed by atoms with Gasteiger partial charge in [-0.1, -0.05) is 11.6 Å². The van der Waals surface area contributed by atoms with E-state index in [1.54, 1.807) is 11.8 Å². The van der Waals surface area contributed by atoms with Crippen LogP contribution in [0.15, 0.2) is 11.6 Å². The lowest BCUT2D eigenvalue weighted by Crippen LogP contribution is -2.46. The molecule has 20 heavy (non-hydrogen) atoms. The Kier molecular flexibility index (Phi) is 8.18. The number of rotatable bonds is 8. The maximum absolute atomic E-state index is 11.7. The normalized spacial score (nSPS) is 16.1. The minimum Gasteiger partial charge on any atom is -0.480 e. The van der Waals surface area contributed by atoms with E-state index in [4.69, 9.17) is 5.11 Å². The van der Waals surface area contributed by atoms with Crippen molar-refractivity contribution in [3.05, 3.63) is 11.6 Å². The molecule has 2 amide bonds. The molecule has 0 unspecified atom stereocenters. The molecule has 114 valence electrons. The van der Waals surface area contributed by atoms with Crippen LogP contribution in [-0.4, -0.2) is 41.7 Å². The molecule has 6 heteroatoms. The summed E-state index contributed by atoms with van der Waals surface area (Å²) < 4.78 is 0. The number of thioether (sulfide) groups is 1. The van der Waals surface area contributed by atoms with Gasteiger partial charge in [0.2, 0.25) is 0 Å². The fourth-order valence-electron chi connectivity index (χ4n) is 2.17. The summed E-state index contributed by atoms with van der Waals surface area (Å²) in [6.45, 7) is 0.562. The van der Waals surface area contributed by atoms with Crippen molar-refractivity contribution in [2.24, 2.45) is 0 Å². The molecule has 5 nitrogen and oxygen atoms in total. The minimum absolute atomic E-state index is 0.394. The molecule has 0 aromatic rings. The summed E-state index contributed by atoms with van der Waals surface area (Å²) in [7, 11) is 0. The maximum atomic E-state index is 11.7. The minimum atomic E-state index is -0.982. The second-order valence-corrected chi connectivity index (χ2v) is 5.92. The number of nitrogens with one attached hydrogen (secondary N) is 2. The van der Waals surface area contributed by atoms with Gasteiger partial charge in [-0.25, -0.2) is 9.59 Å². The van der Waals surface area contributed by atoms with Crippen LogP contribution in [0.2, 0.25) is 0 Å². The van der Waals surface area contributed by atoms with Crippen molar-refractivity contribution in [3.8, 4) is 0 Å². The van der Waals surface area contributed by atoms with E-state index >= 15 is 0 Å². The van der Waals surface area contributed by atoms with Crippen LogP contribution >= 0.6 is 11.8 Å². The van der Waals surface area contributed by atoms with Gasteiger partial charge in [0.25, 0.3) is 0 Å². The van der Waals surface area contributed by atoms with Crippen molar-refractivity contribution < 1.29 is 14.7 Å². The highest BCUT2D eigenvalue weighted by Crippen LogP contribution is 2.19. The Morgan fingerprint density at radius 1 is 1.45 bits per heavy atom. The zero-order valence-corrected chi connectivity index (χ0v) is 12.8. The van der Waals surface area contributed by atoms with Gasteiger partial charge in [-0.3, -0.25) is 0 Å². The second kappa shape index (κ2) is 9.69. The van der Waals surface area contributed by atoms with Gasteiger partial charge in [0.05, 0.1) is 0 Å². The van der Waals surface area contributed by atoms with E-state index in [-0.39, 0.29) is 0 Å². The second-order valence-electron chi connectivity index (χ2n) is 4.93. The van der Waals surface area contributed by atoms with E-state index < -0.39 is 18.0 Å². The molecule has 0 fully saturated rings. The van der Waals surface area contributed by atoms with Gasteiger partial charge in [-0.15, -0.1) is 0 Å². The molecular formula is C14H24N2O3S.